The van der Waals surface area contributed by atoms with Crippen molar-refractivity contribution in [1.29, 1.82) is 5.41 Å². The fourth-order valence-electron chi connectivity index (χ4n) is 3.20. The minimum atomic E-state index is -0.720. The summed E-state index contributed by atoms with van der Waals surface area (Å²) in [5.41, 5.74) is 13.8. The number of nitrogen functional groups attached to an aromatic ring is 1. The monoisotopic (exact) mass is 421 g/mol. The molecule has 7 nitrogen and oxygen atoms in total. The van der Waals surface area contributed by atoms with Gasteiger partial charge >= 0.3 is 6.03 Å². The Labute approximate surface area is 178 Å². The summed E-state index contributed by atoms with van der Waals surface area (Å²) in [5.74, 6) is -0.369. The Morgan fingerprint density at radius 3 is 2.50 bits per heavy atom. The van der Waals surface area contributed by atoms with E-state index in [1.54, 1.807) is 18.2 Å². The molecule has 7 N–H and O–H groups in total. The Balaban J connectivity index is 2.00. The zero-order valence-corrected chi connectivity index (χ0v) is 17.5. The van der Waals surface area contributed by atoms with Crippen molar-refractivity contribution in [3.8, 4) is 0 Å². The van der Waals surface area contributed by atoms with Gasteiger partial charge < -0.3 is 27.5 Å². The quantitative estimate of drug-likeness (QED) is 0.232. The van der Waals surface area contributed by atoms with Crippen LogP contribution in [0.1, 0.15) is 30.3 Å². The number of allylic oxidation sites excluding steroid dienone is 1. The SMILES string of the molecule is CC(C)=C(C(=O)Nc1ccc(N)c(C=N)c1)C(NC(N)=O)c1cc2ccccc2s1. The van der Waals surface area contributed by atoms with Crippen LogP contribution in [0.3, 0.4) is 0 Å². The number of nitrogens with one attached hydrogen (secondary N) is 3. The maximum absolute atomic E-state index is 13.2. The summed E-state index contributed by atoms with van der Waals surface area (Å²) in [6.45, 7) is 3.62. The van der Waals surface area contributed by atoms with Crippen LogP contribution in [0.25, 0.3) is 10.1 Å². The molecule has 3 rings (SSSR count). The molecule has 8 heteroatoms. The molecule has 0 aliphatic heterocycles. The average molecular weight is 422 g/mol. The highest BCUT2D eigenvalue weighted by Crippen LogP contribution is 2.35. The van der Waals surface area contributed by atoms with E-state index in [9.17, 15) is 9.59 Å². The van der Waals surface area contributed by atoms with Crippen molar-refractivity contribution in [3.63, 3.8) is 0 Å². The van der Waals surface area contributed by atoms with Gasteiger partial charge in [0.15, 0.2) is 0 Å². The fraction of sp³-hybridized carbons (Fsp3) is 0.136. The van der Waals surface area contributed by atoms with E-state index in [-0.39, 0.29) is 5.91 Å². The van der Waals surface area contributed by atoms with Crippen LogP contribution in [0.5, 0.6) is 0 Å². The highest BCUT2D eigenvalue weighted by Gasteiger charge is 2.27. The van der Waals surface area contributed by atoms with E-state index >= 15 is 0 Å². The van der Waals surface area contributed by atoms with Crippen LogP contribution in [-0.2, 0) is 4.79 Å². The van der Waals surface area contributed by atoms with Gasteiger partial charge in [0.25, 0.3) is 5.91 Å². The number of benzene rings is 2. The van der Waals surface area contributed by atoms with E-state index in [1.807, 2.05) is 44.2 Å². The summed E-state index contributed by atoms with van der Waals surface area (Å²) >= 11 is 1.49. The van der Waals surface area contributed by atoms with Crippen LogP contribution in [0, 0.1) is 5.41 Å². The Kier molecular flexibility index (Phi) is 6.17. The van der Waals surface area contributed by atoms with Gasteiger partial charge in [-0.3, -0.25) is 4.79 Å². The largest absolute Gasteiger partial charge is 0.398 e. The Morgan fingerprint density at radius 1 is 1.13 bits per heavy atom. The van der Waals surface area contributed by atoms with Gasteiger partial charge in [0, 0.05) is 38.3 Å². The van der Waals surface area contributed by atoms with E-state index in [0.717, 1.165) is 26.8 Å². The minimum absolute atomic E-state index is 0.369. The number of urea groups is 1. The number of carbonyl (C=O) groups is 2. The third-order valence-electron chi connectivity index (χ3n) is 4.59. The number of fused-ring (bicyclic) bond motifs is 1. The molecule has 1 heterocycles. The Hall–Kier alpha value is -3.65. The molecule has 0 radical (unpaired) electrons. The maximum Gasteiger partial charge on any atom is 0.312 e. The van der Waals surface area contributed by atoms with Crippen LogP contribution in [0.4, 0.5) is 16.2 Å². The number of hydrogen-bond donors (Lipinski definition) is 5. The molecule has 1 unspecified atom stereocenters. The summed E-state index contributed by atoms with van der Waals surface area (Å²) in [6.07, 6.45) is 1.13. The molecule has 3 amide bonds. The summed E-state index contributed by atoms with van der Waals surface area (Å²) < 4.78 is 1.05. The molecule has 3 aromatic rings. The molecule has 1 aromatic heterocycles. The van der Waals surface area contributed by atoms with E-state index in [4.69, 9.17) is 16.9 Å². The second-order valence-electron chi connectivity index (χ2n) is 6.98. The zero-order valence-electron chi connectivity index (χ0n) is 16.7. The molecule has 1 atom stereocenters. The average Bonchev–Trinajstić information content (AvgIpc) is 3.12. The van der Waals surface area contributed by atoms with Gasteiger partial charge in [-0.2, -0.15) is 0 Å². The van der Waals surface area contributed by atoms with Crippen LogP contribution >= 0.6 is 11.3 Å². The Morgan fingerprint density at radius 2 is 1.87 bits per heavy atom. The molecule has 154 valence electrons. The van der Waals surface area contributed by atoms with E-state index in [1.165, 1.54) is 11.3 Å². The van der Waals surface area contributed by atoms with Crippen LogP contribution < -0.4 is 22.1 Å². The number of primary amides is 1. The molecule has 0 saturated carbocycles. The van der Waals surface area contributed by atoms with Gasteiger partial charge in [-0.15, -0.1) is 11.3 Å². The predicted octanol–water partition coefficient (Wildman–Crippen LogP) is 4.17. The van der Waals surface area contributed by atoms with Crippen molar-refractivity contribution in [2.45, 2.75) is 19.9 Å². The lowest BCUT2D eigenvalue weighted by Gasteiger charge is -2.21. The first-order chi connectivity index (χ1) is 14.3. The van der Waals surface area contributed by atoms with Crippen molar-refractivity contribution in [3.05, 3.63) is 70.1 Å². The molecule has 0 aliphatic carbocycles. The first-order valence-corrected chi connectivity index (χ1v) is 10.0. The number of rotatable bonds is 6. The third-order valence-corrected chi connectivity index (χ3v) is 5.77. The highest BCUT2D eigenvalue weighted by molar-refractivity contribution is 7.19. The van der Waals surface area contributed by atoms with E-state index < -0.39 is 12.1 Å². The third kappa shape index (κ3) is 4.49. The molecule has 0 spiro atoms. The highest BCUT2D eigenvalue weighted by atomic mass is 32.1. The number of amides is 3. The van der Waals surface area contributed by atoms with Crippen molar-refractivity contribution in [2.75, 3.05) is 11.1 Å². The topological polar surface area (TPSA) is 134 Å². The second kappa shape index (κ2) is 8.79. The summed E-state index contributed by atoms with van der Waals surface area (Å²) in [6, 6.07) is 13.3. The van der Waals surface area contributed by atoms with Crippen LogP contribution in [-0.4, -0.2) is 18.2 Å². The van der Waals surface area contributed by atoms with Gasteiger partial charge in [0.2, 0.25) is 0 Å². The first kappa shape index (κ1) is 21.1. The lowest BCUT2D eigenvalue weighted by molar-refractivity contribution is -0.113. The molecule has 0 saturated heterocycles. The van der Waals surface area contributed by atoms with Gasteiger partial charge in [-0.1, -0.05) is 23.8 Å². The van der Waals surface area contributed by atoms with Crippen molar-refractivity contribution < 1.29 is 9.59 Å². The molecule has 2 aromatic carbocycles. The zero-order chi connectivity index (χ0) is 21.8. The van der Waals surface area contributed by atoms with Crippen LogP contribution in [0.2, 0.25) is 0 Å². The molecule has 0 fully saturated rings. The van der Waals surface area contributed by atoms with Gasteiger partial charge in [0.1, 0.15) is 0 Å². The van der Waals surface area contributed by atoms with E-state index in [0.29, 0.717) is 22.5 Å². The molecule has 0 aliphatic rings. The number of anilines is 2. The second-order valence-corrected chi connectivity index (χ2v) is 8.10. The number of nitrogens with two attached hydrogens (primary N) is 2. The van der Waals surface area contributed by atoms with Crippen molar-refractivity contribution in [2.24, 2.45) is 5.73 Å². The summed E-state index contributed by atoms with van der Waals surface area (Å²) in [5, 5.41) is 14.0. The molecule has 0 bridgehead atoms. The molecular weight excluding hydrogens is 398 g/mol. The van der Waals surface area contributed by atoms with Crippen molar-refractivity contribution in [1.82, 2.24) is 5.32 Å². The Bertz CT molecular complexity index is 1130. The lowest BCUT2D eigenvalue weighted by Crippen LogP contribution is -2.37. The first-order valence-electron chi connectivity index (χ1n) is 9.23. The van der Waals surface area contributed by atoms with Crippen molar-refractivity contribution >= 4 is 51.0 Å². The fourth-order valence-corrected chi connectivity index (χ4v) is 4.32. The van der Waals surface area contributed by atoms with E-state index in [2.05, 4.69) is 10.6 Å². The van der Waals surface area contributed by atoms with Gasteiger partial charge in [0.05, 0.1) is 6.04 Å². The molecule has 30 heavy (non-hydrogen) atoms. The standard InChI is InChI=1S/C22H23N5O2S/c1-12(2)19(21(28)26-15-7-8-16(24)14(9-15)11-23)20(27-22(25)29)18-10-13-5-3-4-6-17(13)30-18/h3-11,20,23H,24H2,1-2H3,(H,26,28)(H3,25,27,29). The summed E-state index contributed by atoms with van der Waals surface area (Å²) in [7, 11) is 0. The number of thiophene rings is 1. The van der Waals surface area contributed by atoms with Gasteiger partial charge in [-0.05, 0) is 49.6 Å². The number of hydrogen-bond acceptors (Lipinski definition) is 5. The maximum atomic E-state index is 13.2. The predicted molar refractivity (Wildman–Crippen MR) is 123 cm³/mol. The molecular formula is C22H23N5O2S. The lowest BCUT2D eigenvalue weighted by atomic mass is 9.99. The smallest absolute Gasteiger partial charge is 0.312 e. The van der Waals surface area contributed by atoms with Gasteiger partial charge in [-0.25, -0.2) is 4.79 Å². The van der Waals surface area contributed by atoms with Crippen LogP contribution in [0.15, 0.2) is 59.7 Å². The number of carbonyl (C=O) groups excluding carboxylic acids is 2. The normalized spacial score (nSPS) is 11.5. The summed E-state index contributed by atoms with van der Waals surface area (Å²) in [4.78, 5) is 25.8. The minimum Gasteiger partial charge on any atom is -0.398 e.